The van der Waals surface area contributed by atoms with Gasteiger partial charge in [-0.05, 0) is 59.9 Å². The monoisotopic (exact) mass is 442 g/mol. The van der Waals surface area contributed by atoms with Gasteiger partial charge in [0.2, 0.25) is 0 Å². The SMILES string of the molecule is COc1ccc(-c2nc3ccccc3c(=O)n2CCCOc2ccccc2C(C)(C)C)cc1. The van der Waals surface area contributed by atoms with Crippen molar-refractivity contribution in [3.05, 3.63) is 88.7 Å². The summed E-state index contributed by atoms with van der Waals surface area (Å²) in [6, 6.07) is 23.2. The minimum absolute atomic E-state index is 0.00265. The first-order valence-corrected chi connectivity index (χ1v) is 11.2. The minimum atomic E-state index is -0.0403. The third kappa shape index (κ3) is 4.92. The maximum atomic E-state index is 13.4. The highest BCUT2D eigenvalue weighted by Crippen LogP contribution is 2.31. The van der Waals surface area contributed by atoms with Crippen LogP contribution in [0, 0.1) is 0 Å². The van der Waals surface area contributed by atoms with E-state index in [9.17, 15) is 4.79 Å². The molecule has 170 valence electrons. The van der Waals surface area contributed by atoms with E-state index < -0.39 is 0 Å². The highest BCUT2D eigenvalue weighted by molar-refractivity contribution is 5.79. The smallest absolute Gasteiger partial charge is 0.261 e. The lowest BCUT2D eigenvalue weighted by molar-refractivity contribution is 0.293. The van der Waals surface area contributed by atoms with Gasteiger partial charge in [0.15, 0.2) is 0 Å². The first-order chi connectivity index (χ1) is 15.9. The Bertz CT molecular complexity index is 1300. The number of benzene rings is 3. The second-order valence-electron chi connectivity index (χ2n) is 9.09. The van der Waals surface area contributed by atoms with Crippen molar-refractivity contribution in [2.75, 3.05) is 13.7 Å². The molecule has 0 aliphatic carbocycles. The lowest BCUT2D eigenvalue weighted by Crippen LogP contribution is -2.24. The highest BCUT2D eigenvalue weighted by atomic mass is 16.5. The fourth-order valence-electron chi connectivity index (χ4n) is 3.95. The molecule has 4 aromatic rings. The zero-order valence-electron chi connectivity index (χ0n) is 19.7. The van der Waals surface area contributed by atoms with Crippen LogP contribution in [-0.4, -0.2) is 23.3 Å². The van der Waals surface area contributed by atoms with Crippen LogP contribution in [0.4, 0.5) is 0 Å². The fraction of sp³-hybridized carbons (Fsp3) is 0.286. The molecule has 0 saturated carbocycles. The number of ether oxygens (including phenoxy) is 2. The van der Waals surface area contributed by atoms with Gasteiger partial charge in [-0.2, -0.15) is 0 Å². The lowest BCUT2D eigenvalue weighted by atomic mass is 9.86. The Morgan fingerprint density at radius 3 is 2.33 bits per heavy atom. The largest absolute Gasteiger partial charge is 0.497 e. The zero-order chi connectivity index (χ0) is 23.4. The number of methoxy groups -OCH3 is 1. The molecule has 33 heavy (non-hydrogen) atoms. The molecular formula is C28H30N2O3. The summed E-state index contributed by atoms with van der Waals surface area (Å²) in [7, 11) is 1.64. The molecular weight excluding hydrogens is 412 g/mol. The van der Waals surface area contributed by atoms with Gasteiger partial charge in [-0.1, -0.05) is 51.1 Å². The number of hydrogen-bond acceptors (Lipinski definition) is 4. The molecule has 5 heteroatoms. The van der Waals surface area contributed by atoms with E-state index in [2.05, 4.69) is 26.8 Å². The maximum Gasteiger partial charge on any atom is 0.261 e. The van der Waals surface area contributed by atoms with Crippen molar-refractivity contribution >= 4 is 10.9 Å². The van der Waals surface area contributed by atoms with E-state index in [-0.39, 0.29) is 11.0 Å². The Kier molecular flexibility index (Phi) is 6.50. The summed E-state index contributed by atoms with van der Waals surface area (Å²) < 4.78 is 13.2. The Labute approximate surface area is 194 Å². The van der Waals surface area contributed by atoms with Crippen LogP contribution in [0.3, 0.4) is 0 Å². The number of hydrogen-bond donors (Lipinski definition) is 0. The van der Waals surface area contributed by atoms with Crippen molar-refractivity contribution in [3.8, 4) is 22.9 Å². The summed E-state index contributed by atoms with van der Waals surface area (Å²) in [5, 5.41) is 0.619. The van der Waals surface area contributed by atoms with Gasteiger partial charge in [-0.25, -0.2) is 4.98 Å². The van der Waals surface area contributed by atoms with Crippen molar-refractivity contribution in [2.45, 2.75) is 39.2 Å². The van der Waals surface area contributed by atoms with Gasteiger partial charge in [0.25, 0.3) is 5.56 Å². The first-order valence-electron chi connectivity index (χ1n) is 11.2. The number of nitrogens with zero attached hydrogens (tertiary/aromatic N) is 2. The molecule has 0 aliphatic rings. The predicted molar refractivity (Wildman–Crippen MR) is 133 cm³/mol. The van der Waals surface area contributed by atoms with Crippen LogP contribution in [0.25, 0.3) is 22.3 Å². The van der Waals surface area contributed by atoms with Crippen LogP contribution in [0.2, 0.25) is 0 Å². The number of aromatic nitrogens is 2. The van der Waals surface area contributed by atoms with Crippen LogP contribution in [-0.2, 0) is 12.0 Å². The molecule has 0 saturated heterocycles. The van der Waals surface area contributed by atoms with Crippen molar-refractivity contribution in [2.24, 2.45) is 0 Å². The highest BCUT2D eigenvalue weighted by Gasteiger charge is 2.18. The van der Waals surface area contributed by atoms with Gasteiger partial charge in [0, 0.05) is 12.1 Å². The Hall–Kier alpha value is -3.60. The Morgan fingerprint density at radius 1 is 0.909 bits per heavy atom. The molecule has 0 N–H and O–H groups in total. The van der Waals surface area contributed by atoms with Crippen LogP contribution < -0.4 is 15.0 Å². The quantitative estimate of drug-likeness (QED) is 0.338. The Morgan fingerprint density at radius 2 is 1.61 bits per heavy atom. The molecule has 0 unspecified atom stereocenters. The molecule has 0 spiro atoms. The second kappa shape index (κ2) is 9.49. The van der Waals surface area contributed by atoms with Crippen molar-refractivity contribution in [3.63, 3.8) is 0 Å². The van der Waals surface area contributed by atoms with Crippen molar-refractivity contribution < 1.29 is 9.47 Å². The summed E-state index contributed by atoms with van der Waals surface area (Å²) in [5.74, 6) is 2.31. The van der Waals surface area contributed by atoms with Crippen molar-refractivity contribution in [1.82, 2.24) is 9.55 Å². The minimum Gasteiger partial charge on any atom is -0.497 e. The third-order valence-corrected chi connectivity index (χ3v) is 5.69. The predicted octanol–water partition coefficient (Wildman–Crippen LogP) is 5.84. The molecule has 1 aromatic heterocycles. The molecule has 0 atom stereocenters. The lowest BCUT2D eigenvalue weighted by Gasteiger charge is -2.22. The standard InChI is InChI=1S/C28H30N2O3/c1-28(2,3)23-11-6-8-13-25(23)33-19-9-18-30-26(20-14-16-21(32-4)17-15-20)29-24-12-7-5-10-22(24)27(30)31/h5-8,10-17H,9,18-19H2,1-4H3. The summed E-state index contributed by atoms with van der Waals surface area (Å²) in [4.78, 5) is 18.2. The van der Waals surface area contributed by atoms with Crippen LogP contribution in [0.15, 0.2) is 77.6 Å². The van der Waals surface area contributed by atoms with Gasteiger partial charge < -0.3 is 9.47 Å². The fourth-order valence-corrected chi connectivity index (χ4v) is 3.95. The van der Waals surface area contributed by atoms with Gasteiger partial charge in [0.1, 0.15) is 17.3 Å². The van der Waals surface area contributed by atoms with E-state index in [1.54, 1.807) is 11.7 Å². The molecule has 0 fully saturated rings. The van der Waals surface area contributed by atoms with Gasteiger partial charge >= 0.3 is 0 Å². The summed E-state index contributed by atoms with van der Waals surface area (Å²) in [6.07, 6.45) is 0.682. The van der Waals surface area contributed by atoms with E-state index in [1.165, 1.54) is 5.56 Å². The molecule has 1 heterocycles. The Balaban J connectivity index is 1.61. The van der Waals surface area contributed by atoms with Crippen LogP contribution in [0.1, 0.15) is 32.8 Å². The van der Waals surface area contributed by atoms with Crippen molar-refractivity contribution in [1.29, 1.82) is 0 Å². The number of rotatable bonds is 7. The second-order valence-corrected chi connectivity index (χ2v) is 9.09. The van der Waals surface area contributed by atoms with E-state index in [0.29, 0.717) is 36.3 Å². The average molecular weight is 443 g/mol. The zero-order valence-corrected chi connectivity index (χ0v) is 19.7. The van der Waals surface area contributed by atoms with Gasteiger partial charge in [-0.15, -0.1) is 0 Å². The van der Waals surface area contributed by atoms with Gasteiger partial charge in [-0.3, -0.25) is 9.36 Å². The third-order valence-electron chi connectivity index (χ3n) is 5.69. The first kappa shape index (κ1) is 22.6. The van der Waals surface area contributed by atoms with Crippen LogP contribution >= 0.6 is 0 Å². The average Bonchev–Trinajstić information content (AvgIpc) is 2.82. The maximum absolute atomic E-state index is 13.4. The summed E-state index contributed by atoms with van der Waals surface area (Å²) in [5.41, 5.74) is 2.70. The van der Waals surface area contributed by atoms with E-state index in [1.807, 2.05) is 66.7 Å². The number of para-hydroxylation sites is 2. The molecule has 0 amide bonds. The summed E-state index contributed by atoms with van der Waals surface area (Å²) >= 11 is 0. The summed E-state index contributed by atoms with van der Waals surface area (Å²) in [6.45, 7) is 7.55. The van der Waals surface area contributed by atoms with Crippen LogP contribution in [0.5, 0.6) is 11.5 Å². The molecule has 0 aliphatic heterocycles. The van der Waals surface area contributed by atoms with E-state index >= 15 is 0 Å². The topological polar surface area (TPSA) is 53.3 Å². The molecule has 3 aromatic carbocycles. The molecule has 4 rings (SSSR count). The number of fused-ring (bicyclic) bond motifs is 1. The molecule has 0 radical (unpaired) electrons. The normalized spacial score (nSPS) is 11.5. The van der Waals surface area contributed by atoms with E-state index in [4.69, 9.17) is 14.5 Å². The van der Waals surface area contributed by atoms with E-state index in [0.717, 1.165) is 17.1 Å². The van der Waals surface area contributed by atoms with Gasteiger partial charge in [0.05, 0.1) is 24.6 Å². The molecule has 0 bridgehead atoms. The molecule has 5 nitrogen and oxygen atoms in total.